The molecule has 0 aliphatic carbocycles. The van der Waals surface area contributed by atoms with Crippen LogP contribution in [-0.4, -0.2) is 21.0 Å². The molecule has 0 unspecified atom stereocenters. The van der Waals surface area contributed by atoms with Crippen LogP contribution >= 0.6 is 23.4 Å². The molecule has 0 saturated carbocycles. The monoisotopic (exact) mass is 502 g/mol. The summed E-state index contributed by atoms with van der Waals surface area (Å²) in [6, 6.07) is 22.2. The number of para-hydroxylation sites is 1. The molecule has 2 aromatic heterocycles. The fourth-order valence-corrected chi connectivity index (χ4v) is 4.54. The Bertz CT molecular complexity index is 1500. The zero-order valence-electron chi connectivity index (χ0n) is 17.9. The van der Waals surface area contributed by atoms with Crippen LogP contribution in [-0.2, 0) is 4.79 Å². The van der Waals surface area contributed by atoms with Crippen LogP contribution in [0, 0.1) is 10.1 Å². The molecule has 0 bridgehead atoms. The highest BCUT2D eigenvalue weighted by Gasteiger charge is 2.35. The summed E-state index contributed by atoms with van der Waals surface area (Å²) in [5, 5.41) is 11.7. The zero-order valence-corrected chi connectivity index (χ0v) is 19.4. The highest BCUT2D eigenvalue weighted by Crippen LogP contribution is 2.38. The Labute approximate surface area is 208 Å². The minimum absolute atomic E-state index is 0.0336. The lowest BCUT2D eigenvalue weighted by Crippen LogP contribution is -2.28. The van der Waals surface area contributed by atoms with E-state index < -0.39 is 4.92 Å². The molecule has 1 saturated heterocycles. The first kappa shape index (κ1) is 22.6. The number of hydrogen-bond donors (Lipinski definition) is 0. The van der Waals surface area contributed by atoms with E-state index in [1.807, 2.05) is 30.3 Å². The fraction of sp³-hybridized carbons (Fsp3) is 0. The SMILES string of the molecule is O=C1/C(=C\c2ccc(-c3cccc([N+](=O)[O-])c3)o2)SC(=Nc2cccnc2Cl)N1c1ccccc1. The molecule has 0 spiro atoms. The van der Waals surface area contributed by atoms with E-state index in [2.05, 4.69) is 9.98 Å². The van der Waals surface area contributed by atoms with Crippen LogP contribution in [0.1, 0.15) is 5.76 Å². The average molecular weight is 503 g/mol. The van der Waals surface area contributed by atoms with Crippen molar-refractivity contribution >= 4 is 57.6 Å². The maximum atomic E-state index is 13.4. The molecular formula is C25H15ClN4O4S. The summed E-state index contributed by atoms with van der Waals surface area (Å²) in [7, 11) is 0. The van der Waals surface area contributed by atoms with E-state index in [0.717, 1.165) is 0 Å². The largest absolute Gasteiger partial charge is 0.457 e. The highest BCUT2D eigenvalue weighted by atomic mass is 35.5. The Morgan fingerprint density at radius 3 is 2.66 bits per heavy atom. The van der Waals surface area contributed by atoms with E-state index in [1.165, 1.54) is 28.8 Å². The van der Waals surface area contributed by atoms with Gasteiger partial charge < -0.3 is 4.42 Å². The number of hydrogen-bond acceptors (Lipinski definition) is 7. The molecule has 35 heavy (non-hydrogen) atoms. The van der Waals surface area contributed by atoms with Crippen LogP contribution in [0.15, 0.2) is 99.4 Å². The number of nitro benzene ring substituents is 1. The molecule has 0 atom stereocenters. The quantitative estimate of drug-likeness (QED) is 0.130. The number of halogens is 1. The number of nitro groups is 1. The summed E-state index contributed by atoms with van der Waals surface area (Å²) in [5.74, 6) is 0.608. The number of aromatic nitrogens is 1. The first-order valence-corrected chi connectivity index (χ1v) is 11.5. The summed E-state index contributed by atoms with van der Waals surface area (Å²) in [5.41, 5.74) is 1.63. The molecule has 1 amide bonds. The summed E-state index contributed by atoms with van der Waals surface area (Å²) in [6.07, 6.45) is 3.19. The third-order valence-electron chi connectivity index (χ3n) is 5.02. The minimum atomic E-state index is -0.462. The molecule has 1 aliphatic heterocycles. The van der Waals surface area contributed by atoms with Crippen molar-refractivity contribution in [1.29, 1.82) is 0 Å². The van der Waals surface area contributed by atoms with E-state index in [1.54, 1.807) is 48.7 Å². The Morgan fingerprint density at radius 2 is 1.89 bits per heavy atom. The molecule has 0 radical (unpaired) electrons. The minimum Gasteiger partial charge on any atom is -0.457 e. The van der Waals surface area contributed by atoms with Gasteiger partial charge in [-0.3, -0.25) is 19.8 Å². The second-order valence-corrected chi connectivity index (χ2v) is 8.67. The number of thioether (sulfide) groups is 1. The molecule has 2 aromatic carbocycles. The number of non-ortho nitro benzene ring substituents is 1. The van der Waals surface area contributed by atoms with Crippen LogP contribution < -0.4 is 4.90 Å². The second kappa shape index (κ2) is 9.57. The molecule has 1 aliphatic rings. The van der Waals surface area contributed by atoms with Crippen LogP contribution in [0.5, 0.6) is 0 Å². The van der Waals surface area contributed by atoms with Crippen molar-refractivity contribution in [2.75, 3.05) is 4.90 Å². The summed E-state index contributed by atoms with van der Waals surface area (Å²) >= 11 is 7.37. The van der Waals surface area contributed by atoms with Crippen LogP contribution in [0.2, 0.25) is 5.15 Å². The van der Waals surface area contributed by atoms with E-state index in [4.69, 9.17) is 16.0 Å². The molecule has 4 aromatic rings. The predicted molar refractivity (Wildman–Crippen MR) is 137 cm³/mol. The Kier molecular flexibility index (Phi) is 6.17. The number of aliphatic imine (C=N–C) groups is 1. The molecule has 8 nitrogen and oxygen atoms in total. The number of amides is 1. The van der Waals surface area contributed by atoms with Gasteiger partial charge in [0.05, 0.1) is 15.5 Å². The Morgan fingerprint density at radius 1 is 1.06 bits per heavy atom. The number of furan rings is 1. The molecule has 10 heteroatoms. The molecule has 172 valence electrons. The smallest absolute Gasteiger partial charge is 0.271 e. The molecule has 0 N–H and O–H groups in total. The van der Waals surface area contributed by atoms with E-state index in [9.17, 15) is 14.9 Å². The molecule has 1 fully saturated rings. The van der Waals surface area contributed by atoms with Crippen molar-refractivity contribution in [3.63, 3.8) is 0 Å². The maximum Gasteiger partial charge on any atom is 0.271 e. The van der Waals surface area contributed by atoms with E-state index in [0.29, 0.717) is 38.5 Å². The van der Waals surface area contributed by atoms with Gasteiger partial charge in [0.15, 0.2) is 10.3 Å². The fourth-order valence-electron chi connectivity index (χ4n) is 3.40. The third kappa shape index (κ3) is 4.72. The lowest BCUT2D eigenvalue weighted by molar-refractivity contribution is -0.384. The normalized spacial score (nSPS) is 15.8. The van der Waals surface area contributed by atoms with Gasteiger partial charge in [0.25, 0.3) is 11.6 Å². The first-order chi connectivity index (χ1) is 17.0. The van der Waals surface area contributed by atoms with Gasteiger partial charge in [0, 0.05) is 30.0 Å². The van der Waals surface area contributed by atoms with Crippen molar-refractivity contribution in [3.05, 3.63) is 111 Å². The number of anilines is 1. The summed E-state index contributed by atoms with van der Waals surface area (Å²) in [6.45, 7) is 0. The highest BCUT2D eigenvalue weighted by molar-refractivity contribution is 8.19. The molecular weight excluding hydrogens is 488 g/mol. The average Bonchev–Trinajstić information content (AvgIpc) is 3.46. The third-order valence-corrected chi connectivity index (χ3v) is 6.28. The van der Waals surface area contributed by atoms with Gasteiger partial charge in [-0.05, 0) is 48.2 Å². The van der Waals surface area contributed by atoms with Crippen LogP contribution in [0.3, 0.4) is 0 Å². The lowest BCUT2D eigenvalue weighted by Gasteiger charge is -2.15. The van der Waals surface area contributed by atoms with Crippen molar-refractivity contribution in [1.82, 2.24) is 4.98 Å². The summed E-state index contributed by atoms with van der Waals surface area (Å²) in [4.78, 5) is 34.5. The number of rotatable bonds is 5. The second-order valence-electron chi connectivity index (χ2n) is 7.30. The van der Waals surface area contributed by atoms with Gasteiger partial charge in [-0.15, -0.1) is 0 Å². The number of carbonyl (C=O) groups is 1. The number of pyridine rings is 1. The van der Waals surface area contributed by atoms with Crippen molar-refractivity contribution < 1.29 is 14.1 Å². The topological polar surface area (TPSA) is 102 Å². The standard InChI is InChI=1S/C25H15ClN4O4S/c26-23-20(10-5-13-27-23)28-25-29(17-7-2-1-3-8-17)24(31)22(35-25)15-19-11-12-21(34-19)16-6-4-9-18(14-16)30(32)33/h1-15H/b22-15+,28-25?. The number of nitrogens with zero attached hydrogens (tertiary/aromatic N) is 4. The van der Waals surface area contributed by atoms with Crippen molar-refractivity contribution in [2.45, 2.75) is 0 Å². The predicted octanol–water partition coefficient (Wildman–Crippen LogP) is 6.71. The zero-order chi connectivity index (χ0) is 24.4. The Balaban J connectivity index is 1.51. The number of benzene rings is 2. The number of carbonyl (C=O) groups excluding carboxylic acids is 1. The maximum absolute atomic E-state index is 13.4. The van der Waals surface area contributed by atoms with E-state index >= 15 is 0 Å². The van der Waals surface area contributed by atoms with Gasteiger partial charge in [0.2, 0.25) is 0 Å². The molecule has 5 rings (SSSR count). The van der Waals surface area contributed by atoms with Gasteiger partial charge >= 0.3 is 0 Å². The first-order valence-electron chi connectivity index (χ1n) is 10.3. The van der Waals surface area contributed by atoms with Gasteiger partial charge in [-0.2, -0.15) is 0 Å². The van der Waals surface area contributed by atoms with Gasteiger partial charge in [0.1, 0.15) is 17.2 Å². The number of amidine groups is 1. The van der Waals surface area contributed by atoms with Gasteiger partial charge in [-0.25, -0.2) is 9.98 Å². The van der Waals surface area contributed by atoms with Crippen LogP contribution in [0.25, 0.3) is 17.4 Å². The van der Waals surface area contributed by atoms with E-state index in [-0.39, 0.29) is 16.7 Å². The Hall–Kier alpha value is -4.21. The molecule has 3 heterocycles. The van der Waals surface area contributed by atoms with Crippen molar-refractivity contribution in [3.8, 4) is 11.3 Å². The van der Waals surface area contributed by atoms with Crippen LogP contribution in [0.4, 0.5) is 17.1 Å². The summed E-state index contributed by atoms with van der Waals surface area (Å²) < 4.78 is 5.87. The van der Waals surface area contributed by atoms with Gasteiger partial charge in [-0.1, -0.05) is 41.9 Å². The van der Waals surface area contributed by atoms with Crippen molar-refractivity contribution in [2.24, 2.45) is 4.99 Å². The lowest BCUT2D eigenvalue weighted by atomic mass is 10.1.